The first-order chi connectivity index (χ1) is 14.6. The zero-order valence-electron chi connectivity index (χ0n) is 20.8. The highest BCUT2D eigenvalue weighted by atomic mass is 35.5. The van der Waals surface area contributed by atoms with Gasteiger partial charge in [-0.2, -0.15) is 5.10 Å². The third-order valence-corrected chi connectivity index (χ3v) is 7.24. The number of piperazine rings is 1. The average molecular weight is 507 g/mol. The number of amides is 2. The Morgan fingerprint density at radius 2 is 1.79 bits per heavy atom. The molecule has 1 spiro atoms. The Morgan fingerprint density at radius 3 is 2.27 bits per heavy atom. The van der Waals surface area contributed by atoms with Crippen LogP contribution in [0.3, 0.4) is 0 Å². The van der Waals surface area contributed by atoms with Gasteiger partial charge in [0.2, 0.25) is 11.8 Å². The fourth-order valence-corrected chi connectivity index (χ4v) is 4.94. The Bertz CT molecular complexity index is 821. The molecule has 2 N–H and O–H groups in total. The van der Waals surface area contributed by atoms with Crippen molar-refractivity contribution in [3.05, 3.63) is 17.0 Å². The van der Waals surface area contributed by atoms with Gasteiger partial charge in [-0.25, -0.2) is 0 Å². The van der Waals surface area contributed by atoms with Gasteiger partial charge in [0.1, 0.15) is 11.6 Å². The fourth-order valence-electron chi connectivity index (χ4n) is 4.94. The van der Waals surface area contributed by atoms with Crippen LogP contribution in [0.25, 0.3) is 0 Å². The minimum Gasteiger partial charge on any atom is -0.390 e. The van der Waals surface area contributed by atoms with Gasteiger partial charge in [-0.15, -0.1) is 24.8 Å². The maximum absolute atomic E-state index is 13.4. The number of likely N-dealkylation sites (tertiary alicyclic amines) is 1. The normalized spacial score (nSPS) is 21.6. The molecular weight excluding hydrogens is 465 g/mol. The van der Waals surface area contributed by atoms with Crippen molar-refractivity contribution in [2.75, 3.05) is 19.6 Å². The monoisotopic (exact) mass is 505 g/mol. The number of aryl methyl sites for hydroxylation is 2. The van der Waals surface area contributed by atoms with Gasteiger partial charge in [0, 0.05) is 44.5 Å². The molecule has 2 aliphatic rings. The number of aliphatic hydroxyl groups is 1. The molecule has 0 radical (unpaired) electrons. The van der Waals surface area contributed by atoms with Gasteiger partial charge in [-0.3, -0.25) is 19.2 Å². The first-order valence-electron chi connectivity index (χ1n) is 11.6. The number of aromatic nitrogens is 2. The molecule has 33 heavy (non-hydrogen) atoms. The highest BCUT2D eigenvalue weighted by Crippen LogP contribution is 2.35. The maximum atomic E-state index is 13.4. The molecule has 0 aliphatic carbocycles. The Morgan fingerprint density at radius 1 is 1.18 bits per heavy atom. The van der Waals surface area contributed by atoms with E-state index in [2.05, 4.69) is 29.2 Å². The average Bonchev–Trinajstić information content (AvgIpc) is 2.97. The van der Waals surface area contributed by atoms with Crippen molar-refractivity contribution < 1.29 is 14.7 Å². The molecule has 2 atom stereocenters. The van der Waals surface area contributed by atoms with Gasteiger partial charge >= 0.3 is 0 Å². The molecule has 3 heterocycles. The van der Waals surface area contributed by atoms with Crippen molar-refractivity contribution in [3.63, 3.8) is 0 Å². The topological polar surface area (TPSA) is 90.7 Å². The Hall–Kier alpha value is -1.35. The minimum atomic E-state index is -0.880. The zero-order valence-corrected chi connectivity index (χ0v) is 22.4. The van der Waals surface area contributed by atoms with E-state index < -0.39 is 17.7 Å². The van der Waals surface area contributed by atoms with E-state index in [1.165, 1.54) is 11.3 Å². The van der Waals surface area contributed by atoms with Crippen LogP contribution in [0, 0.1) is 19.8 Å². The van der Waals surface area contributed by atoms with Crippen LogP contribution in [0.4, 0.5) is 0 Å². The van der Waals surface area contributed by atoms with Crippen LogP contribution in [0.2, 0.25) is 0 Å². The maximum Gasteiger partial charge on any atom is 0.248 e. The van der Waals surface area contributed by atoms with Crippen LogP contribution in [0.5, 0.6) is 0 Å². The number of carbonyl (C=O) groups is 2. The standard InChI is InChI=1S/C23H39N5O3.2ClH/c1-7-8-11-28-21(30)19(20(29)15(2)3)24-22(31)23(28)9-12-27(13-10-23)14-18-16(4)25-26(6)17(18)5;;/h15,19-20,29H,7-14H2,1-6H3,(H,24,31);2*1H/t19-,20-;;/m1../s1. The van der Waals surface area contributed by atoms with Crippen LogP contribution >= 0.6 is 24.8 Å². The molecule has 0 unspecified atom stereocenters. The molecule has 0 bridgehead atoms. The SMILES string of the molecule is CCCCN1C(=O)[C@@H]([C@H](O)C(C)C)NC(=O)C12CCN(Cc1c(C)nn(C)c1C)CC2.Cl.Cl. The van der Waals surface area contributed by atoms with Crippen LogP contribution in [-0.4, -0.2) is 73.8 Å². The summed E-state index contributed by atoms with van der Waals surface area (Å²) in [6, 6.07) is -0.853. The molecule has 2 amide bonds. The summed E-state index contributed by atoms with van der Waals surface area (Å²) in [6.07, 6.45) is 2.14. The number of piperidine rings is 1. The van der Waals surface area contributed by atoms with Gasteiger partial charge in [0.05, 0.1) is 11.8 Å². The third-order valence-electron chi connectivity index (χ3n) is 7.24. The van der Waals surface area contributed by atoms with Gasteiger partial charge in [-0.1, -0.05) is 27.2 Å². The number of nitrogens with one attached hydrogen (secondary N) is 1. The predicted molar refractivity (Wildman–Crippen MR) is 134 cm³/mol. The summed E-state index contributed by atoms with van der Waals surface area (Å²) in [5, 5.41) is 18.0. The molecule has 1 aromatic heterocycles. The summed E-state index contributed by atoms with van der Waals surface area (Å²) < 4.78 is 1.91. The summed E-state index contributed by atoms with van der Waals surface area (Å²) in [5.74, 6) is -0.355. The molecule has 0 aromatic carbocycles. The van der Waals surface area contributed by atoms with Crippen LogP contribution < -0.4 is 5.32 Å². The number of hydrogen-bond donors (Lipinski definition) is 2. The van der Waals surface area contributed by atoms with Crippen molar-refractivity contribution >= 4 is 36.6 Å². The number of rotatable bonds is 7. The lowest BCUT2D eigenvalue weighted by Crippen LogP contribution is -2.74. The number of unbranched alkanes of at least 4 members (excludes halogenated alkanes) is 1. The Balaban J connectivity index is 0.00000272. The molecule has 2 saturated heterocycles. The second-order valence-corrected chi connectivity index (χ2v) is 9.61. The largest absolute Gasteiger partial charge is 0.390 e. The molecule has 0 saturated carbocycles. The van der Waals surface area contributed by atoms with Gasteiger partial charge in [0.15, 0.2) is 0 Å². The number of carbonyl (C=O) groups excluding carboxylic acids is 2. The second kappa shape index (κ2) is 11.9. The van der Waals surface area contributed by atoms with E-state index in [4.69, 9.17) is 0 Å². The van der Waals surface area contributed by atoms with E-state index in [0.29, 0.717) is 19.4 Å². The van der Waals surface area contributed by atoms with Crippen molar-refractivity contribution in [1.29, 1.82) is 0 Å². The van der Waals surface area contributed by atoms with E-state index in [9.17, 15) is 14.7 Å². The molecule has 8 nitrogen and oxygen atoms in total. The smallest absolute Gasteiger partial charge is 0.248 e. The predicted octanol–water partition coefficient (Wildman–Crippen LogP) is 2.36. The molecule has 2 fully saturated rings. The van der Waals surface area contributed by atoms with Crippen molar-refractivity contribution in [2.24, 2.45) is 13.0 Å². The summed E-state index contributed by atoms with van der Waals surface area (Å²) in [4.78, 5) is 30.9. The van der Waals surface area contributed by atoms with E-state index in [1.54, 1.807) is 4.90 Å². The molecule has 3 rings (SSSR count). The van der Waals surface area contributed by atoms with E-state index in [1.807, 2.05) is 32.5 Å². The molecule has 2 aliphatic heterocycles. The van der Waals surface area contributed by atoms with Crippen molar-refractivity contribution in [1.82, 2.24) is 24.9 Å². The molecule has 190 valence electrons. The van der Waals surface area contributed by atoms with Crippen LogP contribution in [0.15, 0.2) is 0 Å². The number of hydrogen-bond acceptors (Lipinski definition) is 5. The van der Waals surface area contributed by atoms with Crippen LogP contribution in [-0.2, 0) is 23.2 Å². The molecular formula is C23H41Cl2N5O3. The highest BCUT2D eigenvalue weighted by molar-refractivity contribution is 6.00. The Labute approximate surface area is 210 Å². The quantitative estimate of drug-likeness (QED) is 0.593. The van der Waals surface area contributed by atoms with Gasteiger partial charge in [-0.05, 0) is 39.0 Å². The fraction of sp³-hybridized carbons (Fsp3) is 0.783. The number of halogens is 2. The lowest BCUT2D eigenvalue weighted by atomic mass is 9.80. The lowest BCUT2D eigenvalue weighted by Gasteiger charge is -2.52. The summed E-state index contributed by atoms with van der Waals surface area (Å²) >= 11 is 0. The number of nitrogens with zero attached hydrogens (tertiary/aromatic N) is 4. The van der Waals surface area contributed by atoms with E-state index >= 15 is 0 Å². The van der Waals surface area contributed by atoms with E-state index in [0.717, 1.165) is 38.2 Å². The lowest BCUT2D eigenvalue weighted by molar-refractivity contribution is -0.165. The first kappa shape index (κ1) is 29.7. The first-order valence-corrected chi connectivity index (χ1v) is 11.6. The Kier molecular flexibility index (Phi) is 10.7. The van der Waals surface area contributed by atoms with Crippen LogP contribution in [0.1, 0.15) is 63.4 Å². The highest BCUT2D eigenvalue weighted by Gasteiger charge is 2.54. The van der Waals surface area contributed by atoms with E-state index in [-0.39, 0.29) is 42.5 Å². The minimum absolute atomic E-state index is 0. The number of aliphatic hydroxyl groups excluding tert-OH is 1. The molecule has 10 heteroatoms. The summed E-state index contributed by atoms with van der Waals surface area (Å²) in [6.45, 7) is 12.8. The summed E-state index contributed by atoms with van der Waals surface area (Å²) in [5.41, 5.74) is 2.64. The van der Waals surface area contributed by atoms with Gasteiger partial charge < -0.3 is 15.3 Å². The van der Waals surface area contributed by atoms with Crippen molar-refractivity contribution in [3.8, 4) is 0 Å². The summed E-state index contributed by atoms with van der Waals surface area (Å²) in [7, 11) is 1.96. The second-order valence-electron chi connectivity index (χ2n) is 9.61. The third kappa shape index (κ3) is 5.66. The van der Waals surface area contributed by atoms with Gasteiger partial charge in [0.25, 0.3) is 0 Å². The zero-order chi connectivity index (χ0) is 22.9. The van der Waals surface area contributed by atoms with Crippen molar-refractivity contribution in [2.45, 2.75) is 84.5 Å². The molecule has 1 aromatic rings.